The van der Waals surface area contributed by atoms with E-state index in [1.54, 1.807) is 11.8 Å². The second-order valence-electron chi connectivity index (χ2n) is 4.40. The van der Waals surface area contributed by atoms with E-state index in [1.165, 1.54) is 5.56 Å². The minimum absolute atomic E-state index is 0.653. The van der Waals surface area contributed by atoms with Gasteiger partial charge in [-0.1, -0.05) is 26.8 Å². The molecule has 1 aromatic rings. The van der Waals surface area contributed by atoms with Crippen LogP contribution in [0.15, 0.2) is 23.1 Å². The lowest BCUT2D eigenvalue weighted by Gasteiger charge is -2.09. The zero-order chi connectivity index (χ0) is 12.7. The normalized spacial score (nSPS) is 10.5. The van der Waals surface area contributed by atoms with E-state index in [4.69, 9.17) is 5.26 Å². The minimum Gasteiger partial charge on any atom is -0.312 e. The number of nitriles is 1. The predicted octanol–water partition coefficient (Wildman–Crippen LogP) is 3.42. The van der Waals surface area contributed by atoms with Gasteiger partial charge < -0.3 is 5.32 Å². The van der Waals surface area contributed by atoms with Gasteiger partial charge in [-0.3, -0.25) is 0 Å². The average molecular weight is 248 g/mol. The van der Waals surface area contributed by atoms with Crippen LogP contribution in [0.1, 0.15) is 31.9 Å². The second kappa shape index (κ2) is 7.37. The quantitative estimate of drug-likeness (QED) is 0.784. The summed E-state index contributed by atoms with van der Waals surface area (Å²) < 4.78 is 0. The van der Waals surface area contributed by atoms with Crippen molar-refractivity contribution in [2.75, 3.05) is 12.3 Å². The van der Waals surface area contributed by atoms with Gasteiger partial charge in [-0.05, 0) is 35.9 Å². The van der Waals surface area contributed by atoms with Crippen molar-refractivity contribution in [2.45, 2.75) is 32.2 Å². The minimum atomic E-state index is 0.653. The largest absolute Gasteiger partial charge is 0.312 e. The van der Waals surface area contributed by atoms with Crippen molar-refractivity contribution in [1.82, 2.24) is 5.32 Å². The van der Waals surface area contributed by atoms with Crippen molar-refractivity contribution < 1.29 is 0 Å². The van der Waals surface area contributed by atoms with Crippen molar-refractivity contribution in [1.29, 1.82) is 5.26 Å². The number of nitrogens with one attached hydrogen (secondary N) is 1. The third-order valence-corrected chi connectivity index (χ3v) is 3.30. The maximum atomic E-state index is 9.10. The molecule has 1 aromatic carbocycles. The van der Waals surface area contributed by atoms with Gasteiger partial charge in [0.05, 0.1) is 5.56 Å². The summed E-state index contributed by atoms with van der Waals surface area (Å²) in [5.41, 5.74) is 1.98. The molecule has 0 saturated carbocycles. The number of nitrogens with zero attached hydrogens (tertiary/aromatic N) is 1. The van der Waals surface area contributed by atoms with Crippen molar-refractivity contribution in [2.24, 2.45) is 5.92 Å². The zero-order valence-electron chi connectivity index (χ0n) is 10.8. The third-order valence-electron chi connectivity index (χ3n) is 2.35. The Morgan fingerprint density at radius 2 is 2.18 bits per heavy atom. The number of hydrogen-bond acceptors (Lipinski definition) is 3. The first-order valence-electron chi connectivity index (χ1n) is 6.04. The molecule has 3 heteroatoms. The Morgan fingerprint density at radius 3 is 2.76 bits per heavy atom. The first kappa shape index (κ1) is 14.1. The van der Waals surface area contributed by atoms with Crippen LogP contribution in [0, 0.1) is 17.2 Å². The highest BCUT2D eigenvalue weighted by atomic mass is 32.2. The van der Waals surface area contributed by atoms with Crippen LogP contribution in [0.3, 0.4) is 0 Å². The monoisotopic (exact) mass is 248 g/mol. The molecular formula is C14H20N2S. The Balaban J connectivity index is 2.66. The summed E-state index contributed by atoms with van der Waals surface area (Å²) in [6.45, 7) is 8.32. The molecule has 1 rings (SSSR count). The highest BCUT2D eigenvalue weighted by Gasteiger charge is 2.03. The molecule has 0 fully saturated rings. The molecule has 1 N–H and O–H groups in total. The van der Waals surface area contributed by atoms with Gasteiger partial charge in [-0.15, -0.1) is 11.8 Å². The summed E-state index contributed by atoms with van der Waals surface area (Å²) in [6, 6.07) is 8.42. The number of rotatable bonds is 6. The molecule has 0 bridgehead atoms. The Morgan fingerprint density at radius 1 is 1.41 bits per heavy atom. The Kier molecular flexibility index (Phi) is 6.10. The molecule has 0 heterocycles. The van der Waals surface area contributed by atoms with Gasteiger partial charge in [0, 0.05) is 11.4 Å². The molecule has 2 nitrogen and oxygen atoms in total. The Bertz CT molecular complexity index is 394. The molecule has 0 amide bonds. The Hall–Kier alpha value is -0.980. The van der Waals surface area contributed by atoms with Gasteiger partial charge in [-0.2, -0.15) is 5.26 Å². The van der Waals surface area contributed by atoms with E-state index in [-0.39, 0.29) is 0 Å². The van der Waals surface area contributed by atoms with Gasteiger partial charge in [0.25, 0.3) is 0 Å². The zero-order valence-corrected chi connectivity index (χ0v) is 11.6. The summed E-state index contributed by atoms with van der Waals surface area (Å²) in [4.78, 5) is 1.09. The van der Waals surface area contributed by atoms with Gasteiger partial charge in [-0.25, -0.2) is 0 Å². The predicted molar refractivity (Wildman–Crippen MR) is 74.1 cm³/mol. The molecule has 17 heavy (non-hydrogen) atoms. The smallest absolute Gasteiger partial charge is 0.100 e. The van der Waals surface area contributed by atoms with Gasteiger partial charge in [0.2, 0.25) is 0 Å². The fourth-order valence-corrected chi connectivity index (χ4v) is 2.30. The summed E-state index contributed by atoms with van der Waals surface area (Å²) >= 11 is 1.72. The summed E-state index contributed by atoms with van der Waals surface area (Å²) in [6.07, 6.45) is 0. The molecule has 0 aliphatic rings. The fraction of sp³-hybridized carbons (Fsp3) is 0.500. The van der Waals surface area contributed by atoms with Crippen LogP contribution in [0.5, 0.6) is 0 Å². The average Bonchev–Trinajstić information content (AvgIpc) is 2.30. The van der Waals surface area contributed by atoms with Crippen LogP contribution in [0.25, 0.3) is 0 Å². The van der Waals surface area contributed by atoms with Crippen LogP contribution >= 0.6 is 11.8 Å². The summed E-state index contributed by atoms with van der Waals surface area (Å²) in [7, 11) is 0. The van der Waals surface area contributed by atoms with Crippen molar-refractivity contribution >= 4 is 11.8 Å². The molecule has 0 atom stereocenters. The van der Waals surface area contributed by atoms with E-state index in [2.05, 4.69) is 44.3 Å². The van der Waals surface area contributed by atoms with Crippen LogP contribution in [-0.4, -0.2) is 12.3 Å². The van der Waals surface area contributed by atoms with E-state index >= 15 is 0 Å². The molecule has 0 unspecified atom stereocenters. The van der Waals surface area contributed by atoms with E-state index < -0.39 is 0 Å². The van der Waals surface area contributed by atoms with Crippen molar-refractivity contribution in [3.8, 4) is 6.07 Å². The number of thioether (sulfide) groups is 1. The van der Waals surface area contributed by atoms with Crippen molar-refractivity contribution in [3.05, 3.63) is 29.3 Å². The number of benzene rings is 1. The van der Waals surface area contributed by atoms with Crippen LogP contribution in [-0.2, 0) is 6.54 Å². The van der Waals surface area contributed by atoms with E-state index in [0.717, 1.165) is 29.3 Å². The second-order valence-corrected chi connectivity index (χ2v) is 5.71. The van der Waals surface area contributed by atoms with Crippen LogP contribution in [0.2, 0.25) is 0 Å². The molecule has 0 aromatic heterocycles. The van der Waals surface area contributed by atoms with Gasteiger partial charge >= 0.3 is 0 Å². The molecule has 0 spiro atoms. The maximum Gasteiger partial charge on any atom is 0.100 e. The van der Waals surface area contributed by atoms with Crippen LogP contribution < -0.4 is 5.32 Å². The first-order valence-corrected chi connectivity index (χ1v) is 7.02. The van der Waals surface area contributed by atoms with E-state index in [9.17, 15) is 0 Å². The SMILES string of the molecule is CCSc1ccc(CNCC(C)C)cc1C#N. The first-order chi connectivity index (χ1) is 8.17. The molecule has 0 saturated heterocycles. The molecule has 92 valence electrons. The lowest BCUT2D eigenvalue weighted by atomic mass is 10.1. The topological polar surface area (TPSA) is 35.8 Å². The third kappa shape index (κ3) is 4.80. The van der Waals surface area contributed by atoms with Crippen LogP contribution in [0.4, 0.5) is 0 Å². The lowest BCUT2D eigenvalue weighted by Crippen LogP contribution is -2.18. The highest BCUT2D eigenvalue weighted by molar-refractivity contribution is 7.99. The fourth-order valence-electron chi connectivity index (χ4n) is 1.56. The number of hydrogen-bond donors (Lipinski definition) is 1. The van der Waals surface area contributed by atoms with E-state index in [0.29, 0.717) is 5.92 Å². The Labute approximate surface area is 108 Å². The van der Waals surface area contributed by atoms with Crippen molar-refractivity contribution in [3.63, 3.8) is 0 Å². The molecule has 0 radical (unpaired) electrons. The van der Waals surface area contributed by atoms with Gasteiger partial charge in [0.15, 0.2) is 0 Å². The molecular weight excluding hydrogens is 228 g/mol. The van der Waals surface area contributed by atoms with E-state index in [1.807, 2.05) is 6.07 Å². The standard InChI is InChI=1S/C14H20N2S/c1-4-17-14-6-5-12(7-13(14)8-15)10-16-9-11(2)3/h5-7,11,16H,4,9-10H2,1-3H3. The molecule has 0 aliphatic carbocycles. The molecule has 0 aliphatic heterocycles. The maximum absolute atomic E-state index is 9.10. The summed E-state index contributed by atoms with van der Waals surface area (Å²) in [5.74, 6) is 1.65. The van der Waals surface area contributed by atoms with Gasteiger partial charge in [0.1, 0.15) is 6.07 Å². The summed E-state index contributed by atoms with van der Waals surface area (Å²) in [5, 5.41) is 12.5. The highest BCUT2D eigenvalue weighted by Crippen LogP contribution is 2.23. The lowest BCUT2D eigenvalue weighted by molar-refractivity contribution is 0.552.